The van der Waals surface area contributed by atoms with Gasteiger partial charge in [0.2, 0.25) is 17.7 Å². The Morgan fingerprint density at radius 2 is 1.64 bits per heavy atom. The minimum atomic E-state index is -1.59. The number of aliphatic carboxylic acids is 1. The number of imide groups is 1. The summed E-state index contributed by atoms with van der Waals surface area (Å²) in [6.07, 6.45) is -1.37. The number of amides is 4. The fourth-order valence-electron chi connectivity index (χ4n) is 5.29. The number of carboxylic acid groups (broad SMARTS) is 2. The van der Waals surface area contributed by atoms with E-state index in [9.17, 15) is 43.0 Å². The first kappa shape index (κ1) is 36.4. The van der Waals surface area contributed by atoms with Crippen LogP contribution in [0.25, 0.3) is 11.1 Å². The summed E-state index contributed by atoms with van der Waals surface area (Å²) in [7, 11) is 0. The van der Waals surface area contributed by atoms with Crippen LogP contribution in [0, 0.1) is 17.0 Å². The number of hydrogen-bond acceptors (Lipinski definition) is 6. The first-order valence-corrected chi connectivity index (χ1v) is 14.7. The largest absolute Gasteiger partial charge is 0.481 e. The summed E-state index contributed by atoms with van der Waals surface area (Å²) in [6.45, 7) is 4.50. The molecule has 0 saturated carbocycles. The molecule has 12 nitrogen and oxygen atoms in total. The fraction of sp³-hybridized carbons (Fsp3) is 0.364. The number of benzene rings is 2. The third-order valence-corrected chi connectivity index (χ3v) is 7.33. The topological polar surface area (TPSA) is 178 Å². The zero-order valence-electron chi connectivity index (χ0n) is 26.2. The Bertz CT molecular complexity index is 1600. The van der Waals surface area contributed by atoms with Crippen molar-refractivity contribution in [2.75, 3.05) is 13.2 Å². The van der Waals surface area contributed by atoms with E-state index in [0.717, 1.165) is 23.8 Å². The third kappa shape index (κ3) is 10.2. The van der Waals surface area contributed by atoms with Crippen LogP contribution in [0.4, 0.5) is 13.6 Å². The van der Waals surface area contributed by atoms with Crippen LogP contribution >= 0.6 is 0 Å². The van der Waals surface area contributed by atoms with Gasteiger partial charge in [0, 0.05) is 42.5 Å². The summed E-state index contributed by atoms with van der Waals surface area (Å²) in [5.74, 6) is -5.33. The summed E-state index contributed by atoms with van der Waals surface area (Å²) in [5.41, 5.74) is 0.875. The van der Waals surface area contributed by atoms with Crippen molar-refractivity contribution in [2.45, 2.75) is 58.7 Å². The SMILES string of the molecule is CC(C)(C)[C@H](c1cc(-c2cc(F)ccc2F)cn1Cc1ccccc1)N(CC[C@H](NC(=O)O)C(=O)NC(=O)CCC(=O)O)C(=O)CO. The molecule has 252 valence electrons. The van der Waals surface area contributed by atoms with Gasteiger partial charge in [0.05, 0.1) is 12.5 Å². The van der Waals surface area contributed by atoms with Crippen molar-refractivity contribution >= 4 is 29.8 Å². The smallest absolute Gasteiger partial charge is 0.405 e. The van der Waals surface area contributed by atoms with E-state index < -0.39 is 78.4 Å². The van der Waals surface area contributed by atoms with Crippen LogP contribution in [0.1, 0.15) is 57.3 Å². The lowest BCUT2D eigenvalue weighted by molar-refractivity contribution is -0.141. The van der Waals surface area contributed by atoms with Crippen molar-refractivity contribution in [2.24, 2.45) is 5.41 Å². The molecule has 14 heteroatoms. The highest BCUT2D eigenvalue weighted by atomic mass is 19.1. The highest BCUT2D eigenvalue weighted by Gasteiger charge is 2.38. The molecule has 0 saturated heterocycles. The van der Waals surface area contributed by atoms with Gasteiger partial charge in [-0.15, -0.1) is 0 Å². The number of aliphatic hydroxyl groups is 1. The van der Waals surface area contributed by atoms with Crippen molar-refractivity contribution in [3.63, 3.8) is 0 Å². The molecule has 1 heterocycles. The minimum Gasteiger partial charge on any atom is -0.481 e. The Labute approximate surface area is 270 Å². The molecule has 3 rings (SSSR count). The maximum Gasteiger partial charge on any atom is 0.405 e. The number of aromatic nitrogens is 1. The zero-order valence-corrected chi connectivity index (χ0v) is 26.2. The van der Waals surface area contributed by atoms with Gasteiger partial charge >= 0.3 is 12.1 Å². The number of carboxylic acids is 1. The van der Waals surface area contributed by atoms with Crippen LogP contribution in [0.3, 0.4) is 0 Å². The molecule has 1 aromatic heterocycles. The monoisotopic (exact) mass is 656 g/mol. The Hall–Kier alpha value is -5.11. The molecular weight excluding hydrogens is 618 g/mol. The van der Waals surface area contributed by atoms with Crippen molar-refractivity contribution in [1.29, 1.82) is 0 Å². The normalized spacial score (nSPS) is 12.6. The van der Waals surface area contributed by atoms with Crippen molar-refractivity contribution in [3.8, 4) is 11.1 Å². The third-order valence-electron chi connectivity index (χ3n) is 7.33. The summed E-state index contributed by atoms with van der Waals surface area (Å²) >= 11 is 0. The summed E-state index contributed by atoms with van der Waals surface area (Å²) in [6, 6.07) is 11.5. The standard InChI is InChI=1S/C33H38F2N4O8/c1-33(2,3)30(39(28(42)19-40)14-13-25(36-32(46)47)31(45)37-27(41)11-12-29(43)44)26-15-21(23-16-22(34)9-10-24(23)35)18-38(26)17-20-7-5-4-6-8-20/h4-10,15-16,18,25,30,36,40H,11-14,17,19H2,1-3H3,(H,43,44)(H,46,47)(H,37,41,45)/t25-,30-/m0/s1. The van der Waals surface area contributed by atoms with E-state index in [1.165, 1.54) is 4.90 Å². The maximum atomic E-state index is 14.9. The molecule has 47 heavy (non-hydrogen) atoms. The second kappa shape index (κ2) is 15.9. The van der Waals surface area contributed by atoms with Crippen molar-refractivity contribution < 1.29 is 48.1 Å². The molecule has 3 aromatic rings. The van der Waals surface area contributed by atoms with Gasteiger partial charge in [-0.25, -0.2) is 13.6 Å². The first-order valence-electron chi connectivity index (χ1n) is 14.7. The number of nitrogens with zero attached hydrogens (tertiary/aromatic N) is 2. The van der Waals surface area contributed by atoms with Gasteiger partial charge in [-0.1, -0.05) is 51.1 Å². The molecule has 0 fully saturated rings. The lowest BCUT2D eigenvalue weighted by Gasteiger charge is -2.41. The average Bonchev–Trinajstić information content (AvgIpc) is 3.40. The van der Waals surface area contributed by atoms with E-state index in [4.69, 9.17) is 5.11 Å². The Kier molecular flexibility index (Phi) is 12.3. The average molecular weight is 657 g/mol. The van der Waals surface area contributed by atoms with E-state index >= 15 is 0 Å². The van der Waals surface area contributed by atoms with Crippen molar-refractivity contribution in [3.05, 3.63) is 83.7 Å². The van der Waals surface area contributed by atoms with Gasteiger partial charge in [-0.3, -0.25) is 24.5 Å². The molecule has 2 aromatic carbocycles. The highest BCUT2D eigenvalue weighted by molar-refractivity contribution is 5.99. The first-order chi connectivity index (χ1) is 22.1. The van der Waals surface area contributed by atoms with Gasteiger partial charge in [-0.05, 0) is 41.7 Å². The lowest BCUT2D eigenvalue weighted by atomic mass is 9.82. The maximum absolute atomic E-state index is 14.9. The Balaban J connectivity index is 2.07. The minimum absolute atomic E-state index is 0.0132. The predicted molar refractivity (Wildman–Crippen MR) is 166 cm³/mol. The summed E-state index contributed by atoms with van der Waals surface area (Å²) < 4.78 is 31.0. The molecule has 0 aliphatic heterocycles. The second-order valence-electron chi connectivity index (χ2n) is 12.0. The fourth-order valence-corrected chi connectivity index (χ4v) is 5.29. The number of nitrogens with one attached hydrogen (secondary N) is 2. The number of halogens is 2. The van der Waals surface area contributed by atoms with Crippen LogP contribution in [0.15, 0.2) is 60.8 Å². The molecule has 5 N–H and O–H groups in total. The van der Waals surface area contributed by atoms with E-state index in [1.54, 1.807) is 16.8 Å². The number of aliphatic hydroxyl groups excluding tert-OH is 1. The van der Waals surface area contributed by atoms with E-state index in [0.29, 0.717) is 11.3 Å². The molecule has 2 atom stereocenters. The summed E-state index contributed by atoms with van der Waals surface area (Å²) in [4.78, 5) is 61.9. The zero-order chi connectivity index (χ0) is 34.9. The molecular formula is C33H38F2N4O8. The Morgan fingerprint density at radius 1 is 0.957 bits per heavy atom. The number of carbonyl (C=O) groups excluding carboxylic acids is 3. The lowest BCUT2D eigenvalue weighted by Crippen LogP contribution is -2.51. The molecule has 0 spiro atoms. The molecule has 4 amide bonds. The molecule has 0 unspecified atom stereocenters. The van der Waals surface area contributed by atoms with Gasteiger partial charge in [-0.2, -0.15) is 0 Å². The highest BCUT2D eigenvalue weighted by Crippen LogP contribution is 2.41. The molecule has 0 aliphatic rings. The van der Waals surface area contributed by atoms with E-state index in [-0.39, 0.29) is 25.1 Å². The number of hydrogen-bond donors (Lipinski definition) is 5. The second-order valence-corrected chi connectivity index (χ2v) is 12.0. The molecule has 0 radical (unpaired) electrons. The van der Waals surface area contributed by atoms with Gasteiger partial charge in [0.15, 0.2) is 0 Å². The van der Waals surface area contributed by atoms with E-state index in [2.05, 4.69) is 0 Å². The number of carbonyl (C=O) groups is 5. The van der Waals surface area contributed by atoms with Gasteiger partial charge < -0.3 is 30.1 Å². The van der Waals surface area contributed by atoms with Crippen LogP contribution < -0.4 is 10.6 Å². The quantitative estimate of drug-likeness (QED) is 0.173. The molecule has 0 aliphatic carbocycles. The predicted octanol–water partition coefficient (Wildman–Crippen LogP) is 3.92. The van der Waals surface area contributed by atoms with Gasteiger partial charge in [0.25, 0.3) is 0 Å². The van der Waals surface area contributed by atoms with Crippen LogP contribution in [0.5, 0.6) is 0 Å². The van der Waals surface area contributed by atoms with Crippen LogP contribution in [-0.4, -0.2) is 73.8 Å². The Morgan fingerprint density at radius 3 is 2.23 bits per heavy atom. The van der Waals surface area contributed by atoms with Crippen LogP contribution in [0.2, 0.25) is 0 Å². The van der Waals surface area contributed by atoms with Crippen molar-refractivity contribution in [1.82, 2.24) is 20.1 Å². The molecule has 0 bridgehead atoms. The number of rotatable bonds is 14. The van der Waals surface area contributed by atoms with E-state index in [1.807, 2.05) is 61.7 Å². The van der Waals surface area contributed by atoms with Crippen LogP contribution in [-0.2, 0) is 25.7 Å². The summed E-state index contributed by atoms with van der Waals surface area (Å²) in [5, 5.41) is 32.2. The van der Waals surface area contributed by atoms with Gasteiger partial charge in [0.1, 0.15) is 24.3 Å².